The summed E-state index contributed by atoms with van der Waals surface area (Å²) >= 11 is 5.80. The number of nitrogens with zero attached hydrogens (tertiary/aromatic N) is 1. The summed E-state index contributed by atoms with van der Waals surface area (Å²) < 4.78 is 18.5. The van der Waals surface area contributed by atoms with Crippen molar-refractivity contribution in [3.63, 3.8) is 0 Å². The summed E-state index contributed by atoms with van der Waals surface area (Å²) in [6.07, 6.45) is 0. The minimum Gasteiger partial charge on any atom is -0.452 e. The van der Waals surface area contributed by atoms with Gasteiger partial charge in [-0.05, 0) is 43.7 Å². The molecule has 1 N–H and O–H groups in total. The minimum atomic E-state index is -0.969. The van der Waals surface area contributed by atoms with Crippen molar-refractivity contribution in [1.29, 1.82) is 0 Å². The fourth-order valence-electron chi connectivity index (χ4n) is 2.57. The molecule has 2 aromatic rings. The van der Waals surface area contributed by atoms with Crippen LogP contribution in [0.15, 0.2) is 42.5 Å². The molecule has 0 aliphatic carbocycles. The van der Waals surface area contributed by atoms with Gasteiger partial charge in [0.2, 0.25) is 0 Å². The number of carbonyl (C=O) groups is 2. The van der Waals surface area contributed by atoms with Gasteiger partial charge in [0, 0.05) is 25.3 Å². The van der Waals surface area contributed by atoms with Crippen molar-refractivity contribution in [2.75, 3.05) is 31.1 Å². The summed E-state index contributed by atoms with van der Waals surface area (Å²) in [7, 11) is 0. The molecule has 0 spiro atoms. The fourth-order valence-corrected chi connectivity index (χ4v) is 2.81. The van der Waals surface area contributed by atoms with E-state index in [0.717, 1.165) is 23.9 Å². The Labute approximate surface area is 163 Å². The van der Waals surface area contributed by atoms with E-state index >= 15 is 0 Å². The molecular formula is C20H22ClFN2O3. The fraction of sp³-hybridized carbons (Fsp3) is 0.300. The van der Waals surface area contributed by atoms with Crippen LogP contribution < -0.4 is 10.2 Å². The van der Waals surface area contributed by atoms with Crippen molar-refractivity contribution in [1.82, 2.24) is 5.32 Å². The summed E-state index contributed by atoms with van der Waals surface area (Å²) in [4.78, 5) is 25.9. The van der Waals surface area contributed by atoms with E-state index in [1.54, 1.807) is 0 Å². The second kappa shape index (κ2) is 9.92. The molecule has 0 aromatic heterocycles. The number of halogens is 2. The summed E-state index contributed by atoms with van der Waals surface area (Å²) in [6.45, 7) is 5.34. The maximum atomic E-state index is 13.7. The van der Waals surface area contributed by atoms with Gasteiger partial charge in [0.15, 0.2) is 6.61 Å². The van der Waals surface area contributed by atoms with Crippen LogP contribution >= 0.6 is 11.6 Å². The molecule has 0 aliphatic heterocycles. The Balaban J connectivity index is 1.80. The number of aryl methyl sites for hydroxylation is 1. The van der Waals surface area contributed by atoms with Crippen LogP contribution in [0.1, 0.15) is 22.8 Å². The first-order chi connectivity index (χ1) is 12.9. The third-order valence-electron chi connectivity index (χ3n) is 3.95. The molecule has 0 saturated heterocycles. The topological polar surface area (TPSA) is 58.6 Å². The van der Waals surface area contributed by atoms with E-state index in [2.05, 4.69) is 16.3 Å². The minimum absolute atomic E-state index is 0.0582. The number of hydrogen-bond acceptors (Lipinski definition) is 4. The van der Waals surface area contributed by atoms with Gasteiger partial charge in [-0.25, -0.2) is 9.18 Å². The highest BCUT2D eigenvalue weighted by Crippen LogP contribution is 2.19. The van der Waals surface area contributed by atoms with Crippen molar-refractivity contribution in [2.24, 2.45) is 0 Å². The first-order valence-corrected chi connectivity index (χ1v) is 8.99. The van der Waals surface area contributed by atoms with Gasteiger partial charge in [-0.2, -0.15) is 0 Å². The predicted octanol–water partition coefficient (Wildman–Crippen LogP) is 3.59. The first kappa shape index (κ1) is 20.7. The summed E-state index contributed by atoms with van der Waals surface area (Å²) in [5, 5.41) is 2.63. The van der Waals surface area contributed by atoms with E-state index < -0.39 is 24.3 Å². The molecule has 0 unspecified atom stereocenters. The standard InChI is InChI=1S/C20H22ClFN2O3/c1-3-24(15-7-4-6-14(2)12-15)11-10-23-18(25)13-27-20(26)19-16(21)8-5-9-17(19)22/h4-9,12H,3,10-11,13H2,1-2H3,(H,23,25). The number of rotatable bonds is 8. The summed E-state index contributed by atoms with van der Waals surface area (Å²) in [6, 6.07) is 12.0. The van der Waals surface area contributed by atoms with Crippen molar-refractivity contribution < 1.29 is 18.7 Å². The molecule has 0 heterocycles. The maximum Gasteiger partial charge on any atom is 0.343 e. The first-order valence-electron chi connectivity index (χ1n) is 8.61. The SMILES string of the molecule is CCN(CCNC(=O)COC(=O)c1c(F)cccc1Cl)c1cccc(C)c1. The van der Waals surface area contributed by atoms with Gasteiger partial charge in [-0.3, -0.25) is 4.79 Å². The van der Waals surface area contributed by atoms with Gasteiger partial charge < -0.3 is 15.0 Å². The lowest BCUT2D eigenvalue weighted by atomic mass is 10.2. The maximum absolute atomic E-state index is 13.7. The van der Waals surface area contributed by atoms with Gasteiger partial charge in [-0.1, -0.05) is 29.8 Å². The Bertz CT molecular complexity index is 793. The molecule has 7 heteroatoms. The zero-order valence-electron chi connectivity index (χ0n) is 15.3. The molecule has 0 bridgehead atoms. The molecule has 144 valence electrons. The zero-order valence-corrected chi connectivity index (χ0v) is 16.1. The average molecular weight is 393 g/mol. The molecule has 0 atom stereocenters. The van der Waals surface area contributed by atoms with E-state index in [-0.39, 0.29) is 10.6 Å². The molecule has 2 aromatic carbocycles. The molecule has 2 rings (SSSR count). The van der Waals surface area contributed by atoms with Crippen molar-refractivity contribution >= 4 is 29.2 Å². The highest BCUT2D eigenvalue weighted by Gasteiger charge is 2.18. The lowest BCUT2D eigenvalue weighted by Gasteiger charge is -2.23. The van der Waals surface area contributed by atoms with Crippen LogP contribution in [-0.4, -0.2) is 38.1 Å². The highest BCUT2D eigenvalue weighted by molar-refractivity contribution is 6.33. The lowest BCUT2D eigenvalue weighted by molar-refractivity contribution is -0.124. The highest BCUT2D eigenvalue weighted by atomic mass is 35.5. The molecule has 1 amide bonds. The average Bonchev–Trinajstić information content (AvgIpc) is 2.63. The number of ether oxygens (including phenoxy) is 1. The van der Waals surface area contributed by atoms with Gasteiger partial charge in [-0.15, -0.1) is 0 Å². The van der Waals surface area contributed by atoms with Crippen molar-refractivity contribution in [3.05, 3.63) is 64.4 Å². The van der Waals surface area contributed by atoms with Crippen LogP contribution in [0.4, 0.5) is 10.1 Å². The Hall–Kier alpha value is -2.60. The van der Waals surface area contributed by atoms with Crippen LogP contribution in [-0.2, 0) is 9.53 Å². The second-order valence-electron chi connectivity index (χ2n) is 5.94. The molecular weight excluding hydrogens is 371 g/mol. The third-order valence-corrected chi connectivity index (χ3v) is 4.27. The quantitative estimate of drug-likeness (QED) is 0.697. The van der Waals surface area contributed by atoms with E-state index in [4.69, 9.17) is 16.3 Å². The monoisotopic (exact) mass is 392 g/mol. The van der Waals surface area contributed by atoms with Crippen molar-refractivity contribution in [2.45, 2.75) is 13.8 Å². The number of hydrogen-bond donors (Lipinski definition) is 1. The zero-order chi connectivity index (χ0) is 19.8. The Morgan fingerprint density at radius 2 is 1.96 bits per heavy atom. The van der Waals surface area contributed by atoms with Gasteiger partial charge in [0.05, 0.1) is 5.02 Å². The Morgan fingerprint density at radius 3 is 2.63 bits per heavy atom. The Kier molecular flexibility index (Phi) is 7.61. The third kappa shape index (κ3) is 5.96. The number of amides is 1. The van der Waals surface area contributed by atoms with E-state index in [9.17, 15) is 14.0 Å². The lowest BCUT2D eigenvalue weighted by Crippen LogP contribution is -2.37. The number of esters is 1. The van der Waals surface area contributed by atoms with E-state index in [1.165, 1.54) is 12.1 Å². The number of carbonyl (C=O) groups excluding carboxylic acids is 2. The molecule has 0 aliphatic rings. The molecule has 0 radical (unpaired) electrons. The van der Waals surface area contributed by atoms with Crippen LogP contribution in [0.25, 0.3) is 0 Å². The van der Waals surface area contributed by atoms with E-state index in [0.29, 0.717) is 13.1 Å². The van der Waals surface area contributed by atoms with Crippen molar-refractivity contribution in [3.8, 4) is 0 Å². The van der Waals surface area contributed by atoms with Crippen LogP contribution in [0, 0.1) is 12.7 Å². The number of nitrogens with one attached hydrogen (secondary N) is 1. The van der Waals surface area contributed by atoms with Gasteiger partial charge in [0.25, 0.3) is 5.91 Å². The molecule has 5 nitrogen and oxygen atoms in total. The number of likely N-dealkylation sites (N-methyl/N-ethyl adjacent to an activating group) is 1. The van der Waals surface area contributed by atoms with Crippen LogP contribution in [0.5, 0.6) is 0 Å². The summed E-state index contributed by atoms with van der Waals surface area (Å²) in [5.74, 6) is -2.22. The molecule has 0 fully saturated rings. The molecule has 0 saturated carbocycles. The van der Waals surface area contributed by atoms with Gasteiger partial charge >= 0.3 is 5.97 Å². The van der Waals surface area contributed by atoms with E-state index in [1.807, 2.05) is 32.0 Å². The van der Waals surface area contributed by atoms with Gasteiger partial charge in [0.1, 0.15) is 11.4 Å². The van der Waals surface area contributed by atoms with Crippen LogP contribution in [0.3, 0.4) is 0 Å². The smallest absolute Gasteiger partial charge is 0.343 e. The summed E-state index contributed by atoms with van der Waals surface area (Å²) in [5.41, 5.74) is 1.87. The number of benzene rings is 2. The second-order valence-corrected chi connectivity index (χ2v) is 6.35. The normalized spacial score (nSPS) is 10.4. The Morgan fingerprint density at radius 1 is 1.22 bits per heavy atom. The predicted molar refractivity (Wildman–Crippen MR) is 104 cm³/mol. The van der Waals surface area contributed by atoms with Crippen LogP contribution in [0.2, 0.25) is 5.02 Å². The molecule has 27 heavy (non-hydrogen) atoms. The largest absolute Gasteiger partial charge is 0.452 e. The number of anilines is 1.